The molecule has 8 unspecified atom stereocenters. The summed E-state index contributed by atoms with van der Waals surface area (Å²) in [6.45, 7) is 5.61. The highest BCUT2D eigenvalue weighted by atomic mass is 16.7. The Balaban J connectivity index is 2.80. The fraction of sp³-hybridized carbons (Fsp3) is 0.786. The number of rotatable bonds is 44. The van der Waals surface area contributed by atoms with Crippen molar-refractivity contribution in [1.29, 1.82) is 0 Å². The molecule has 8 atom stereocenters. The van der Waals surface area contributed by atoms with Crippen molar-refractivity contribution in [2.24, 2.45) is 0 Å². The number of aliphatic hydroxyl groups excluding tert-OH is 5. The highest BCUT2D eigenvalue weighted by Gasteiger charge is 2.47. The van der Waals surface area contributed by atoms with E-state index in [9.17, 15) is 35.1 Å². The summed E-state index contributed by atoms with van der Waals surface area (Å²) in [5.74, 6) is -1.24. The van der Waals surface area contributed by atoms with Gasteiger partial charge in [-0.25, -0.2) is 0 Å². The molecule has 0 radical (unpaired) electrons. The molecule has 0 spiro atoms. The monoisotopic (exact) mass is 946 g/mol. The highest BCUT2D eigenvalue weighted by Crippen LogP contribution is 2.26. The molecule has 388 valence electrons. The minimum atomic E-state index is -1.62. The quantitative estimate of drug-likeness (QED) is 0.0196. The molecule has 1 aliphatic rings. The average molecular weight is 946 g/mol. The van der Waals surface area contributed by atoms with E-state index in [0.717, 1.165) is 83.5 Å². The zero-order valence-electron chi connectivity index (χ0n) is 42.5. The van der Waals surface area contributed by atoms with E-state index in [4.69, 9.17) is 14.2 Å². The van der Waals surface area contributed by atoms with Gasteiger partial charge in [0.25, 0.3) is 0 Å². The van der Waals surface area contributed by atoms with Crippen LogP contribution in [0.4, 0.5) is 0 Å². The van der Waals surface area contributed by atoms with Crippen molar-refractivity contribution in [3.05, 3.63) is 60.8 Å². The van der Waals surface area contributed by atoms with Crippen LogP contribution in [0, 0.1) is 0 Å². The molecular formula is C56H99NO10. The smallest absolute Gasteiger partial charge is 0.306 e. The van der Waals surface area contributed by atoms with E-state index in [1.54, 1.807) is 6.08 Å². The minimum Gasteiger partial charge on any atom is -0.454 e. The van der Waals surface area contributed by atoms with E-state index in [1.165, 1.54) is 89.9 Å². The van der Waals surface area contributed by atoms with Crippen molar-refractivity contribution in [3.8, 4) is 0 Å². The molecule has 67 heavy (non-hydrogen) atoms. The standard InChI is InChI=1S/C56H99NO10/c1-4-7-10-13-16-19-22-25-28-31-34-37-40-43-49(60)55(64)57-47(48(59)42-39-36-33-30-27-24-21-18-15-12-9-6-3)46-65-56-54(53(63)52(62)50(45-58)66-56)67-51(61)44-41-38-35-32-29-26-23-20-17-14-11-8-5-2/h7,10,16,19,25-26,28-29,39,42,47-50,52-54,56,58-60,62-63H,4-6,8-9,11-15,17-18,20-24,27,30-38,40-41,43-46H2,1-3H3,(H,57,64)/b10-7+,19-16+,28-25+,29-26-,42-39+. The van der Waals surface area contributed by atoms with E-state index >= 15 is 0 Å². The number of allylic oxidation sites excluding steroid dienone is 9. The van der Waals surface area contributed by atoms with Gasteiger partial charge in [-0.15, -0.1) is 0 Å². The summed E-state index contributed by atoms with van der Waals surface area (Å²) < 4.78 is 17.5. The third-order valence-corrected chi connectivity index (χ3v) is 12.4. The van der Waals surface area contributed by atoms with Crippen molar-refractivity contribution in [3.63, 3.8) is 0 Å². The number of amides is 1. The Bertz CT molecular complexity index is 1320. The molecule has 0 aromatic carbocycles. The second-order valence-electron chi connectivity index (χ2n) is 18.6. The summed E-state index contributed by atoms with van der Waals surface area (Å²) >= 11 is 0. The molecule has 1 rings (SSSR count). The van der Waals surface area contributed by atoms with Gasteiger partial charge in [-0.3, -0.25) is 9.59 Å². The Morgan fingerprint density at radius 3 is 1.63 bits per heavy atom. The van der Waals surface area contributed by atoms with Gasteiger partial charge in [0.2, 0.25) is 5.91 Å². The number of ether oxygens (including phenoxy) is 3. The van der Waals surface area contributed by atoms with Gasteiger partial charge in [-0.05, 0) is 83.5 Å². The number of hydrogen-bond acceptors (Lipinski definition) is 10. The van der Waals surface area contributed by atoms with Gasteiger partial charge in [0, 0.05) is 6.42 Å². The zero-order chi connectivity index (χ0) is 49.0. The molecule has 0 bridgehead atoms. The maximum atomic E-state index is 13.3. The van der Waals surface area contributed by atoms with E-state index in [2.05, 4.69) is 74.7 Å². The third kappa shape index (κ3) is 33.5. The number of aliphatic hydroxyl groups is 5. The van der Waals surface area contributed by atoms with Gasteiger partial charge in [0.15, 0.2) is 12.4 Å². The van der Waals surface area contributed by atoms with E-state index in [0.29, 0.717) is 12.8 Å². The fourth-order valence-electron chi connectivity index (χ4n) is 8.07. The Kier molecular flexibility index (Phi) is 41.5. The number of nitrogens with one attached hydrogen (secondary N) is 1. The zero-order valence-corrected chi connectivity index (χ0v) is 42.5. The summed E-state index contributed by atoms with van der Waals surface area (Å²) in [5.41, 5.74) is 0. The fourth-order valence-corrected chi connectivity index (χ4v) is 8.07. The number of carbonyl (C=O) groups excluding carboxylic acids is 2. The van der Waals surface area contributed by atoms with Crippen molar-refractivity contribution in [2.75, 3.05) is 13.2 Å². The second-order valence-corrected chi connectivity index (χ2v) is 18.6. The topological polar surface area (TPSA) is 175 Å². The number of hydrogen-bond donors (Lipinski definition) is 6. The normalized spacial score (nSPS) is 20.5. The van der Waals surface area contributed by atoms with Crippen LogP contribution in [0.2, 0.25) is 0 Å². The van der Waals surface area contributed by atoms with Crippen molar-refractivity contribution in [2.45, 2.75) is 269 Å². The summed E-state index contributed by atoms with van der Waals surface area (Å²) in [4.78, 5) is 26.3. The maximum absolute atomic E-state index is 13.3. The molecule has 11 heteroatoms. The highest BCUT2D eigenvalue weighted by molar-refractivity contribution is 5.80. The first-order valence-corrected chi connectivity index (χ1v) is 27.1. The van der Waals surface area contributed by atoms with Crippen LogP contribution in [0.5, 0.6) is 0 Å². The molecular weight excluding hydrogens is 847 g/mol. The van der Waals surface area contributed by atoms with Gasteiger partial charge in [-0.1, -0.05) is 191 Å². The Morgan fingerprint density at radius 2 is 1.07 bits per heavy atom. The van der Waals surface area contributed by atoms with Crippen LogP contribution >= 0.6 is 0 Å². The lowest BCUT2D eigenvalue weighted by atomic mass is 9.99. The Labute approximate surface area is 408 Å². The molecule has 1 fully saturated rings. The Hall–Kier alpha value is -2.64. The lowest BCUT2D eigenvalue weighted by molar-refractivity contribution is -0.305. The molecule has 0 aliphatic carbocycles. The third-order valence-electron chi connectivity index (χ3n) is 12.4. The van der Waals surface area contributed by atoms with Crippen molar-refractivity contribution in [1.82, 2.24) is 5.32 Å². The van der Waals surface area contributed by atoms with Gasteiger partial charge >= 0.3 is 5.97 Å². The Morgan fingerprint density at radius 1 is 0.597 bits per heavy atom. The summed E-state index contributed by atoms with van der Waals surface area (Å²) in [6.07, 6.45) is 42.7. The first kappa shape index (κ1) is 62.4. The molecule has 1 amide bonds. The van der Waals surface area contributed by atoms with E-state index in [1.807, 2.05) is 6.08 Å². The lowest BCUT2D eigenvalue weighted by Gasteiger charge is -2.41. The first-order chi connectivity index (χ1) is 32.7. The summed E-state index contributed by atoms with van der Waals surface area (Å²) in [5, 5.41) is 56.6. The van der Waals surface area contributed by atoms with Crippen LogP contribution < -0.4 is 5.32 Å². The van der Waals surface area contributed by atoms with Gasteiger partial charge in [0.05, 0.1) is 25.4 Å². The first-order valence-electron chi connectivity index (χ1n) is 27.1. The minimum absolute atomic E-state index is 0.0990. The van der Waals surface area contributed by atoms with Crippen LogP contribution in [-0.2, 0) is 23.8 Å². The molecule has 0 aromatic rings. The second kappa shape index (κ2) is 44.6. The molecule has 1 saturated heterocycles. The van der Waals surface area contributed by atoms with E-state index in [-0.39, 0.29) is 19.4 Å². The lowest BCUT2D eigenvalue weighted by Crippen LogP contribution is -2.61. The number of esters is 1. The molecule has 11 nitrogen and oxygen atoms in total. The molecule has 0 saturated carbocycles. The maximum Gasteiger partial charge on any atom is 0.306 e. The van der Waals surface area contributed by atoms with Crippen LogP contribution in [0.1, 0.15) is 220 Å². The summed E-state index contributed by atoms with van der Waals surface area (Å²) in [7, 11) is 0. The van der Waals surface area contributed by atoms with Crippen LogP contribution in [0.3, 0.4) is 0 Å². The largest absolute Gasteiger partial charge is 0.454 e. The molecule has 0 aromatic heterocycles. The van der Waals surface area contributed by atoms with Crippen LogP contribution in [0.15, 0.2) is 60.8 Å². The predicted octanol–water partition coefficient (Wildman–Crippen LogP) is 11.5. The molecule has 1 aliphatic heterocycles. The SMILES string of the molecule is CC/C=C/C/C=C/C/C=C/CCCCCC(O)C(=O)NC(COC1OC(CO)C(O)C(O)C1OC(=O)CCCCC/C=C\CCCCCCCC)C(O)/C=C/CCCCCCCCCCCC. The van der Waals surface area contributed by atoms with Gasteiger partial charge in [0.1, 0.15) is 24.4 Å². The summed E-state index contributed by atoms with van der Waals surface area (Å²) in [6, 6.07) is -1.04. The number of carbonyl (C=O) groups is 2. The van der Waals surface area contributed by atoms with Crippen LogP contribution in [0.25, 0.3) is 0 Å². The van der Waals surface area contributed by atoms with Gasteiger partial charge < -0.3 is 45.1 Å². The van der Waals surface area contributed by atoms with E-state index < -0.39 is 67.4 Å². The van der Waals surface area contributed by atoms with Crippen molar-refractivity contribution < 1.29 is 49.3 Å². The number of unbranched alkanes of at least 4 members (excludes halogenated alkanes) is 22. The molecule has 6 N–H and O–H groups in total. The molecule has 1 heterocycles. The van der Waals surface area contributed by atoms with Gasteiger partial charge in [-0.2, -0.15) is 0 Å². The van der Waals surface area contributed by atoms with Crippen molar-refractivity contribution >= 4 is 11.9 Å². The predicted molar refractivity (Wildman–Crippen MR) is 273 cm³/mol. The average Bonchev–Trinajstić information content (AvgIpc) is 3.32. The van der Waals surface area contributed by atoms with Crippen LogP contribution in [-0.4, -0.2) is 99.6 Å².